The Bertz CT molecular complexity index is 962. The van der Waals surface area contributed by atoms with E-state index in [-0.39, 0.29) is 5.56 Å². The smallest absolute Gasteiger partial charge is 0.252 e. The third-order valence-corrected chi connectivity index (χ3v) is 4.05. The summed E-state index contributed by atoms with van der Waals surface area (Å²) in [6.07, 6.45) is 1.76. The molecule has 0 saturated carbocycles. The van der Waals surface area contributed by atoms with Crippen LogP contribution in [-0.2, 0) is 6.42 Å². The van der Waals surface area contributed by atoms with Crippen LogP contribution in [0.15, 0.2) is 29.1 Å². The Balaban J connectivity index is 1.91. The Hall–Kier alpha value is -2.76. The van der Waals surface area contributed by atoms with Crippen LogP contribution in [0.4, 0.5) is 11.9 Å². The number of aromatic nitrogens is 4. The van der Waals surface area contributed by atoms with Gasteiger partial charge in [-0.1, -0.05) is 26.0 Å². The third-order valence-electron chi connectivity index (χ3n) is 4.05. The van der Waals surface area contributed by atoms with Crippen LogP contribution in [0, 0.1) is 19.8 Å². The zero-order valence-corrected chi connectivity index (χ0v) is 15.1. The number of fused-ring (bicyclic) bond motifs is 1. The number of H-pyrrole nitrogens is 1. The largest absolute Gasteiger partial charge is 0.294 e. The molecule has 0 amide bonds. The van der Waals surface area contributed by atoms with Gasteiger partial charge in [-0.2, -0.15) is 0 Å². The first-order chi connectivity index (χ1) is 11.9. The van der Waals surface area contributed by atoms with Crippen molar-refractivity contribution in [1.29, 1.82) is 0 Å². The van der Waals surface area contributed by atoms with E-state index in [1.54, 1.807) is 6.07 Å². The maximum Gasteiger partial charge on any atom is 0.252 e. The molecule has 3 rings (SSSR count). The van der Waals surface area contributed by atoms with Crippen molar-refractivity contribution < 1.29 is 0 Å². The van der Waals surface area contributed by atoms with Gasteiger partial charge in [0.2, 0.25) is 11.9 Å². The van der Waals surface area contributed by atoms with E-state index in [0.29, 0.717) is 17.8 Å². The van der Waals surface area contributed by atoms with Crippen molar-refractivity contribution >= 4 is 22.8 Å². The number of aromatic amines is 1. The monoisotopic (exact) mass is 337 g/mol. The van der Waals surface area contributed by atoms with Crippen molar-refractivity contribution in [3.8, 4) is 0 Å². The van der Waals surface area contributed by atoms with Gasteiger partial charge >= 0.3 is 0 Å². The van der Waals surface area contributed by atoms with Gasteiger partial charge in [0.15, 0.2) is 0 Å². The standard InChI is InChI=1S/C19H23N5O/c1-11(2)5-7-14-10-17(25)23-19(21-14)24-18-20-13(4)15-8-6-12(3)9-16(15)22-18/h6,8-11H,5,7H2,1-4H3,(H2,20,21,22,23,24,25). The van der Waals surface area contributed by atoms with Crippen molar-refractivity contribution in [2.45, 2.75) is 40.5 Å². The number of nitrogens with zero attached hydrogens (tertiary/aromatic N) is 3. The summed E-state index contributed by atoms with van der Waals surface area (Å²) in [5, 5.41) is 4.05. The molecule has 6 nitrogen and oxygen atoms in total. The van der Waals surface area contributed by atoms with Crippen LogP contribution >= 0.6 is 0 Å². The molecule has 2 N–H and O–H groups in total. The fourth-order valence-corrected chi connectivity index (χ4v) is 2.69. The second-order valence-electron chi connectivity index (χ2n) is 6.80. The van der Waals surface area contributed by atoms with Gasteiger partial charge < -0.3 is 0 Å². The molecule has 0 aliphatic carbocycles. The van der Waals surface area contributed by atoms with Gasteiger partial charge in [-0.05, 0) is 44.2 Å². The molecule has 0 aliphatic heterocycles. The average molecular weight is 337 g/mol. The molecular weight excluding hydrogens is 314 g/mol. The number of hydrogen-bond acceptors (Lipinski definition) is 5. The molecule has 0 radical (unpaired) electrons. The Morgan fingerprint density at radius 1 is 1.12 bits per heavy atom. The normalized spacial score (nSPS) is 11.2. The maximum absolute atomic E-state index is 11.9. The summed E-state index contributed by atoms with van der Waals surface area (Å²) in [6, 6.07) is 7.63. The molecule has 25 heavy (non-hydrogen) atoms. The van der Waals surface area contributed by atoms with Gasteiger partial charge in [-0.15, -0.1) is 0 Å². The Morgan fingerprint density at radius 3 is 2.68 bits per heavy atom. The zero-order valence-electron chi connectivity index (χ0n) is 15.1. The molecule has 130 valence electrons. The molecule has 0 atom stereocenters. The molecule has 6 heteroatoms. The van der Waals surface area contributed by atoms with E-state index in [1.807, 2.05) is 32.0 Å². The van der Waals surface area contributed by atoms with Gasteiger partial charge in [0.25, 0.3) is 5.56 Å². The van der Waals surface area contributed by atoms with E-state index >= 15 is 0 Å². The SMILES string of the molecule is Cc1ccc2c(C)nc(Nc3nc(CCC(C)C)cc(=O)[nH]3)nc2c1. The summed E-state index contributed by atoms with van der Waals surface area (Å²) in [7, 11) is 0. The number of aryl methyl sites for hydroxylation is 3. The lowest BCUT2D eigenvalue weighted by Gasteiger charge is -2.09. The minimum atomic E-state index is -0.176. The van der Waals surface area contributed by atoms with E-state index < -0.39 is 0 Å². The summed E-state index contributed by atoms with van der Waals surface area (Å²) in [6.45, 7) is 8.28. The van der Waals surface area contributed by atoms with Gasteiger partial charge in [0.1, 0.15) is 0 Å². The molecule has 2 heterocycles. The van der Waals surface area contributed by atoms with Crippen molar-refractivity contribution in [3.05, 3.63) is 51.6 Å². The van der Waals surface area contributed by atoms with Crippen LogP contribution < -0.4 is 10.9 Å². The Kier molecular flexibility index (Phi) is 4.79. The summed E-state index contributed by atoms with van der Waals surface area (Å²) in [4.78, 5) is 28.1. The van der Waals surface area contributed by atoms with Crippen LogP contribution in [0.25, 0.3) is 10.9 Å². The fraction of sp³-hybridized carbons (Fsp3) is 0.368. The van der Waals surface area contributed by atoms with Crippen molar-refractivity contribution in [2.75, 3.05) is 5.32 Å². The minimum Gasteiger partial charge on any atom is -0.294 e. The highest BCUT2D eigenvalue weighted by atomic mass is 16.1. The van der Waals surface area contributed by atoms with E-state index in [0.717, 1.165) is 40.7 Å². The van der Waals surface area contributed by atoms with Gasteiger partial charge in [-0.3, -0.25) is 15.1 Å². The van der Waals surface area contributed by atoms with E-state index in [9.17, 15) is 4.79 Å². The first kappa shape index (κ1) is 17.1. The molecule has 3 aromatic rings. The number of anilines is 2. The highest BCUT2D eigenvalue weighted by molar-refractivity contribution is 5.82. The highest BCUT2D eigenvalue weighted by Gasteiger charge is 2.08. The lowest BCUT2D eigenvalue weighted by atomic mass is 10.1. The second-order valence-corrected chi connectivity index (χ2v) is 6.80. The average Bonchev–Trinajstić information content (AvgIpc) is 2.52. The van der Waals surface area contributed by atoms with E-state index in [2.05, 4.69) is 39.1 Å². The first-order valence-electron chi connectivity index (χ1n) is 8.53. The Morgan fingerprint density at radius 2 is 1.92 bits per heavy atom. The first-order valence-corrected chi connectivity index (χ1v) is 8.53. The second kappa shape index (κ2) is 7.01. The minimum absolute atomic E-state index is 0.176. The fourth-order valence-electron chi connectivity index (χ4n) is 2.69. The molecule has 0 unspecified atom stereocenters. The zero-order chi connectivity index (χ0) is 18.0. The lowest BCUT2D eigenvalue weighted by molar-refractivity contribution is 0.581. The lowest BCUT2D eigenvalue weighted by Crippen LogP contribution is -2.13. The molecule has 0 fully saturated rings. The maximum atomic E-state index is 11.9. The van der Waals surface area contributed by atoms with Gasteiger partial charge in [-0.25, -0.2) is 15.0 Å². The van der Waals surface area contributed by atoms with E-state index in [4.69, 9.17) is 0 Å². The summed E-state index contributed by atoms with van der Waals surface area (Å²) >= 11 is 0. The number of hydrogen-bond donors (Lipinski definition) is 2. The summed E-state index contributed by atoms with van der Waals surface area (Å²) in [5.74, 6) is 1.37. The molecule has 0 aliphatic rings. The molecule has 2 aromatic heterocycles. The van der Waals surface area contributed by atoms with Crippen molar-refractivity contribution in [1.82, 2.24) is 19.9 Å². The molecule has 1 aromatic carbocycles. The Labute approximate surface area is 146 Å². The van der Waals surface area contributed by atoms with Crippen molar-refractivity contribution in [3.63, 3.8) is 0 Å². The highest BCUT2D eigenvalue weighted by Crippen LogP contribution is 2.19. The number of nitrogens with one attached hydrogen (secondary N) is 2. The van der Waals surface area contributed by atoms with Crippen LogP contribution in [-0.4, -0.2) is 19.9 Å². The topological polar surface area (TPSA) is 83.6 Å². The molecule has 0 saturated heterocycles. The number of benzene rings is 1. The van der Waals surface area contributed by atoms with Crippen LogP contribution in [0.2, 0.25) is 0 Å². The van der Waals surface area contributed by atoms with E-state index in [1.165, 1.54) is 0 Å². The number of rotatable bonds is 5. The molecule has 0 spiro atoms. The van der Waals surface area contributed by atoms with Crippen molar-refractivity contribution in [2.24, 2.45) is 5.92 Å². The summed E-state index contributed by atoms with van der Waals surface area (Å²) in [5.41, 5.74) is 3.48. The van der Waals surface area contributed by atoms with Crippen LogP contribution in [0.1, 0.15) is 37.2 Å². The van der Waals surface area contributed by atoms with Gasteiger partial charge in [0, 0.05) is 17.1 Å². The quantitative estimate of drug-likeness (QED) is 0.742. The van der Waals surface area contributed by atoms with Crippen LogP contribution in [0.5, 0.6) is 0 Å². The molecular formula is C19H23N5O. The predicted molar refractivity (Wildman–Crippen MR) is 100 cm³/mol. The molecule has 0 bridgehead atoms. The van der Waals surface area contributed by atoms with Gasteiger partial charge in [0.05, 0.1) is 11.2 Å². The third kappa shape index (κ3) is 4.21. The summed E-state index contributed by atoms with van der Waals surface area (Å²) < 4.78 is 0. The van der Waals surface area contributed by atoms with Crippen LogP contribution in [0.3, 0.4) is 0 Å². The predicted octanol–water partition coefficient (Wildman–Crippen LogP) is 3.66.